The number of hydrogen-bond donors (Lipinski definition) is 0. The van der Waals surface area contributed by atoms with Gasteiger partial charge in [0.15, 0.2) is 5.25 Å². The van der Waals surface area contributed by atoms with E-state index in [-0.39, 0.29) is 5.25 Å². The van der Waals surface area contributed by atoms with Crippen molar-refractivity contribution >= 4 is 11.8 Å². The van der Waals surface area contributed by atoms with E-state index < -0.39 is 11.4 Å². The fourth-order valence-electron chi connectivity index (χ4n) is 1.57. The molecule has 1 nitrogen and oxygen atoms in total. The molecule has 0 radical (unpaired) electrons. The SMILES string of the molecule is N#CC(SC1CCCCC1)C(F)(F)F. The summed E-state index contributed by atoms with van der Waals surface area (Å²) in [6.45, 7) is 0. The molecule has 0 amide bonds. The molecule has 1 aliphatic carbocycles. The lowest BCUT2D eigenvalue weighted by Crippen LogP contribution is -2.27. The molecule has 0 aromatic rings. The van der Waals surface area contributed by atoms with Gasteiger partial charge in [0.05, 0.1) is 6.07 Å². The van der Waals surface area contributed by atoms with Gasteiger partial charge in [-0.05, 0) is 12.8 Å². The highest BCUT2D eigenvalue weighted by Gasteiger charge is 2.41. The topological polar surface area (TPSA) is 23.8 Å². The smallest absolute Gasteiger partial charge is 0.197 e. The minimum Gasteiger partial charge on any atom is -0.197 e. The minimum absolute atomic E-state index is 0.0232. The first-order valence-electron chi connectivity index (χ1n) is 4.66. The van der Waals surface area contributed by atoms with Crippen molar-refractivity contribution in [1.82, 2.24) is 0 Å². The van der Waals surface area contributed by atoms with Crippen molar-refractivity contribution < 1.29 is 13.2 Å². The molecule has 1 rings (SSSR count). The Balaban J connectivity index is 2.44. The van der Waals surface area contributed by atoms with Crippen LogP contribution in [0.1, 0.15) is 32.1 Å². The van der Waals surface area contributed by atoms with Crippen LogP contribution in [-0.4, -0.2) is 16.7 Å². The lowest BCUT2D eigenvalue weighted by Gasteiger charge is -2.24. The van der Waals surface area contributed by atoms with Gasteiger partial charge in [-0.3, -0.25) is 0 Å². The number of thioether (sulfide) groups is 1. The van der Waals surface area contributed by atoms with Crippen LogP contribution >= 0.6 is 11.8 Å². The van der Waals surface area contributed by atoms with Gasteiger partial charge in [0.2, 0.25) is 0 Å². The summed E-state index contributed by atoms with van der Waals surface area (Å²) in [5.74, 6) is 0. The molecule has 1 fully saturated rings. The van der Waals surface area contributed by atoms with Crippen LogP contribution in [0.2, 0.25) is 0 Å². The van der Waals surface area contributed by atoms with Crippen LogP contribution in [-0.2, 0) is 0 Å². The quantitative estimate of drug-likeness (QED) is 0.715. The Morgan fingerprint density at radius 3 is 2.21 bits per heavy atom. The molecule has 80 valence electrons. The van der Waals surface area contributed by atoms with Gasteiger partial charge in [-0.2, -0.15) is 18.4 Å². The highest BCUT2D eigenvalue weighted by Crippen LogP contribution is 2.37. The highest BCUT2D eigenvalue weighted by molar-refractivity contribution is 8.00. The lowest BCUT2D eigenvalue weighted by atomic mass is 10.0. The molecular formula is C9H12F3NS. The van der Waals surface area contributed by atoms with E-state index in [0.29, 0.717) is 0 Å². The Bertz CT molecular complexity index is 215. The molecule has 5 heteroatoms. The average molecular weight is 223 g/mol. The molecule has 1 atom stereocenters. The van der Waals surface area contributed by atoms with Crippen molar-refractivity contribution in [2.45, 2.75) is 48.8 Å². The molecule has 0 spiro atoms. The van der Waals surface area contributed by atoms with Crippen LogP contribution in [0.5, 0.6) is 0 Å². The maximum Gasteiger partial charge on any atom is 0.413 e. The fraction of sp³-hybridized carbons (Fsp3) is 0.889. The van der Waals surface area contributed by atoms with Crippen molar-refractivity contribution in [2.24, 2.45) is 0 Å². The van der Waals surface area contributed by atoms with Crippen LogP contribution in [0.15, 0.2) is 0 Å². The summed E-state index contributed by atoms with van der Waals surface area (Å²) >= 11 is 0.786. The van der Waals surface area contributed by atoms with Crippen LogP contribution in [0.25, 0.3) is 0 Å². The van der Waals surface area contributed by atoms with E-state index >= 15 is 0 Å². The zero-order valence-electron chi connectivity index (χ0n) is 7.68. The zero-order valence-corrected chi connectivity index (χ0v) is 8.50. The van der Waals surface area contributed by atoms with Gasteiger partial charge in [0.25, 0.3) is 0 Å². The maximum absolute atomic E-state index is 12.2. The third-order valence-electron chi connectivity index (χ3n) is 2.30. The minimum atomic E-state index is -4.38. The number of nitriles is 1. The predicted molar refractivity (Wildman–Crippen MR) is 49.9 cm³/mol. The first-order valence-corrected chi connectivity index (χ1v) is 5.60. The Morgan fingerprint density at radius 2 is 1.79 bits per heavy atom. The first-order chi connectivity index (χ1) is 6.54. The summed E-state index contributed by atoms with van der Waals surface area (Å²) in [5.41, 5.74) is 0. The number of hydrogen-bond acceptors (Lipinski definition) is 2. The Hall–Kier alpha value is -0.370. The van der Waals surface area contributed by atoms with Gasteiger partial charge in [0, 0.05) is 5.25 Å². The van der Waals surface area contributed by atoms with E-state index in [0.717, 1.165) is 43.9 Å². The van der Waals surface area contributed by atoms with Crippen molar-refractivity contribution in [2.75, 3.05) is 0 Å². The molecule has 1 saturated carbocycles. The zero-order chi connectivity index (χ0) is 10.6. The molecular weight excluding hydrogens is 211 g/mol. The lowest BCUT2D eigenvalue weighted by molar-refractivity contribution is -0.118. The third kappa shape index (κ3) is 3.41. The summed E-state index contributed by atoms with van der Waals surface area (Å²) in [6.07, 6.45) is 0.357. The monoisotopic (exact) mass is 223 g/mol. The van der Waals surface area contributed by atoms with E-state index in [1.165, 1.54) is 6.07 Å². The van der Waals surface area contributed by atoms with E-state index in [9.17, 15) is 13.2 Å². The van der Waals surface area contributed by atoms with Gasteiger partial charge in [-0.25, -0.2) is 0 Å². The molecule has 0 heterocycles. The molecule has 1 aliphatic rings. The average Bonchev–Trinajstić information content (AvgIpc) is 2.14. The van der Waals surface area contributed by atoms with Gasteiger partial charge in [0.1, 0.15) is 0 Å². The molecule has 0 N–H and O–H groups in total. The van der Waals surface area contributed by atoms with Gasteiger partial charge >= 0.3 is 6.18 Å². The fourth-order valence-corrected chi connectivity index (χ4v) is 2.78. The van der Waals surface area contributed by atoms with Gasteiger partial charge < -0.3 is 0 Å². The summed E-state index contributed by atoms with van der Waals surface area (Å²) in [6, 6.07) is 1.33. The van der Waals surface area contributed by atoms with E-state index in [1.54, 1.807) is 0 Å². The Morgan fingerprint density at radius 1 is 1.21 bits per heavy atom. The van der Waals surface area contributed by atoms with Gasteiger partial charge in [-0.15, -0.1) is 11.8 Å². The largest absolute Gasteiger partial charge is 0.413 e. The van der Waals surface area contributed by atoms with Crippen molar-refractivity contribution in [1.29, 1.82) is 5.26 Å². The number of nitrogens with zero attached hydrogens (tertiary/aromatic N) is 1. The first kappa shape index (κ1) is 11.7. The Kier molecular flexibility index (Phi) is 4.11. The second-order valence-corrected chi connectivity index (χ2v) is 4.86. The normalized spacial score (nSPS) is 21.6. The molecule has 0 aromatic carbocycles. The summed E-state index contributed by atoms with van der Waals surface area (Å²) in [7, 11) is 0. The molecule has 0 bridgehead atoms. The van der Waals surface area contributed by atoms with E-state index in [1.807, 2.05) is 0 Å². The van der Waals surface area contributed by atoms with Crippen molar-refractivity contribution in [3.05, 3.63) is 0 Å². The number of rotatable bonds is 2. The predicted octanol–water partition coefficient (Wildman–Crippen LogP) is 3.51. The molecule has 14 heavy (non-hydrogen) atoms. The summed E-state index contributed by atoms with van der Waals surface area (Å²) < 4.78 is 36.7. The number of halogens is 3. The highest BCUT2D eigenvalue weighted by atomic mass is 32.2. The maximum atomic E-state index is 12.2. The van der Waals surface area contributed by atoms with E-state index in [4.69, 9.17) is 5.26 Å². The van der Waals surface area contributed by atoms with Crippen molar-refractivity contribution in [3.63, 3.8) is 0 Å². The summed E-state index contributed by atoms with van der Waals surface area (Å²) in [4.78, 5) is 0. The summed E-state index contributed by atoms with van der Waals surface area (Å²) in [5, 5.41) is 6.58. The second kappa shape index (κ2) is 4.92. The van der Waals surface area contributed by atoms with Crippen LogP contribution in [0.4, 0.5) is 13.2 Å². The van der Waals surface area contributed by atoms with Crippen LogP contribution in [0, 0.1) is 11.3 Å². The molecule has 0 aromatic heterocycles. The van der Waals surface area contributed by atoms with Crippen LogP contribution < -0.4 is 0 Å². The Labute approximate surface area is 85.7 Å². The molecule has 0 aliphatic heterocycles. The third-order valence-corrected chi connectivity index (χ3v) is 3.80. The second-order valence-electron chi connectivity index (χ2n) is 3.45. The van der Waals surface area contributed by atoms with Gasteiger partial charge in [-0.1, -0.05) is 19.3 Å². The molecule has 1 unspecified atom stereocenters. The number of alkyl halides is 3. The molecule has 0 saturated heterocycles. The van der Waals surface area contributed by atoms with E-state index in [2.05, 4.69) is 0 Å². The van der Waals surface area contributed by atoms with Crippen LogP contribution in [0.3, 0.4) is 0 Å². The standard InChI is InChI=1S/C9H12F3NS/c10-9(11,12)8(6-13)14-7-4-2-1-3-5-7/h7-8H,1-5H2. The van der Waals surface area contributed by atoms with Crippen molar-refractivity contribution in [3.8, 4) is 6.07 Å².